The lowest BCUT2D eigenvalue weighted by atomic mass is 9.80. The third-order valence-corrected chi connectivity index (χ3v) is 8.64. The number of fused-ring (bicyclic) bond motifs is 1. The minimum atomic E-state index is -0.504. The molecule has 8 nitrogen and oxygen atoms in total. The number of hydrogen-bond acceptors (Lipinski definition) is 7. The van der Waals surface area contributed by atoms with Gasteiger partial charge in [-0.05, 0) is 77.1 Å². The number of nitrogens with one attached hydrogen (secondary N) is 2. The van der Waals surface area contributed by atoms with Gasteiger partial charge >= 0.3 is 6.09 Å². The number of piperidine rings is 2. The molecule has 2 aliphatic rings. The fourth-order valence-corrected chi connectivity index (χ4v) is 6.28. The van der Waals surface area contributed by atoms with Crippen molar-refractivity contribution in [3.05, 3.63) is 42.6 Å². The van der Waals surface area contributed by atoms with Gasteiger partial charge in [-0.1, -0.05) is 24.8 Å². The summed E-state index contributed by atoms with van der Waals surface area (Å²) in [5.74, 6) is 0.650. The number of benzene rings is 1. The highest BCUT2D eigenvalue weighted by Gasteiger charge is 2.32. The molecule has 0 saturated carbocycles. The van der Waals surface area contributed by atoms with Crippen molar-refractivity contribution in [3.8, 4) is 0 Å². The Hall–Kier alpha value is -2.85. The lowest BCUT2D eigenvalue weighted by molar-refractivity contribution is 0.0495. The summed E-state index contributed by atoms with van der Waals surface area (Å²) in [5, 5.41) is 7.71. The van der Waals surface area contributed by atoms with Crippen molar-refractivity contribution >= 4 is 34.6 Å². The number of carbonyl (C=O) groups excluding carboxylic acids is 1. The number of alkyl carbamates (subject to hydrolysis) is 1. The number of ether oxygens (including phenoxy) is 1. The van der Waals surface area contributed by atoms with Crippen LogP contribution in [0.4, 0.5) is 15.0 Å². The number of nitrogens with zero attached hydrogens (tertiary/aromatic N) is 4. The van der Waals surface area contributed by atoms with Gasteiger partial charge in [0.25, 0.3) is 0 Å². The Morgan fingerprint density at radius 2 is 1.95 bits per heavy atom. The topological polar surface area (TPSA) is 84.3 Å². The van der Waals surface area contributed by atoms with Gasteiger partial charge in [0, 0.05) is 42.2 Å². The largest absolute Gasteiger partial charge is 0.444 e. The first-order chi connectivity index (χ1) is 18.6. The molecule has 2 aliphatic heterocycles. The fraction of sp³-hybridized carbons (Fsp3) is 0.552. The molecule has 0 radical (unpaired) electrons. The minimum absolute atomic E-state index is 0.00389. The van der Waals surface area contributed by atoms with Gasteiger partial charge in [-0.3, -0.25) is 0 Å². The van der Waals surface area contributed by atoms with Gasteiger partial charge in [-0.15, -0.1) is 0 Å². The zero-order chi connectivity index (χ0) is 27.6. The predicted molar refractivity (Wildman–Crippen MR) is 153 cm³/mol. The summed E-state index contributed by atoms with van der Waals surface area (Å²) in [6.07, 6.45) is 8.73. The molecule has 0 unspecified atom stereocenters. The van der Waals surface area contributed by atoms with E-state index < -0.39 is 5.60 Å². The molecule has 2 saturated heterocycles. The number of anilines is 1. The molecule has 3 aromatic rings. The van der Waals surface area contributed by atoms with Crippen molar-refractivity contribution in [2.24, 2.45) is 5.41 Å². The van der Waals surface area contributed by atoms with Gasteiger partial charge in [0.1, 0.15) is 22.3 Å². The SMILES string of the molecule is CC1(CNC(=O)OC(C)(C)C)CCN(c2cnc(Sc3cccc4c3c(F)cn4C3CCNCC3)cn2)CC1. The van der Waals surface area contributed by atoms with Gasteiger partial charge in [0.05, 0.1) is 17.9 Å². The van der Waals surface area contributed by atoms with E-state index in [0.29, 0.717) is 18.0 Å². The molecule has 0 bridgehead atoms. The zero-order valence-electron chi connectivity index (χ0n) is 23.3. The van der Waals surface area contributed by atoms with Crippen molar-refractivity contribution < 1.29 is 13.9 Å². The summed E-state index contributed by atoms with van der Waals surface area (Å²) in [6.45, 7) is 12.0. The highest BCUT2D eigenvalue weighted by molar-refractivity contribution is 7.99. The molecule has 0 atom stereocenters. The normalized spacial score (nSPS) is 18.3. The van der Waals surface area contributed by atoms with Crippen LogP contribution in [0.3, 0.4) is 0 Å². The molecule has 5 rings (SSSR count). The van der Waals surface area contributed by atoms with Crippen LogP contribution in [0.15, 0.2) is 46.7 Å². The van der Waals surface area contributed by atoms with Crippen LogP contribution in [0.25, 0.3) is 10.9 Å². The Balaban J connectivity index is 1.20. The molecular formula is C29H39FN6O2S. The maximum atomic E-state index is 15.1. The van der Waals surface area contributed by atoms with Crippen LogP contribution in [-0.4, -0.2) is 59.0 Å². The highest BCUT2D eigenvalue weighted by atomic mass is 32.2. The van der Waals surface area contributed by atoms with Gasteiger partial charge in [-0.2, -0.15) is 0 Å². The molecule has 10 heteroatoms. The summed E-state index contributed by atoms with van der Waals surface area (Å²) in [7, 11) is 0. The molecule has 1 aromatic carbocycles. The molecule has 2 aromatic heterocycles. The summed E-state index contributed by atoms with van der Waals surface area (Å²) in [4.78, 5) is 24.5. The number of amides is 1. The van der Waals surface area contributed by atoms with Gasteiger partial charge in [0.15, 0.2) is 0 Å². The van der Waals surface area contributed by atoms with E-state index in [0.717, 1.165) is 73.1 Å². The molecule has 4 heterocycles. The first-order valence-corrected chi connectivity index (χ1v) is 14.6. The van der Waals surface area contributed by atoms with Gasteiger partial charge in [0.2, 0.25) is 0 Å². The van der Waals surface area contributed by atoms with Gasteiger partial charge < -0.3 is 24.8 Å². The summed E-state index contributed by atoms with van der Waals surface area (Å²) in [6, 6.07) is 6.27. The first kappa shape index (κ1) is 27.7. The predicted octanol–water partition coefficient (Wildman–Crippen LogP) is 5.78. The monoisotopic (exact) mass is 554 g/mol. The lowest BCUT2D eigenvalue weighted by Gasteiger charge is -2.40. The summed E-state index contributed by atoms with van der Waals surface area (Å²) in [5.41, 5.74) is 0.437. The van der Waals surface area contributed by atoms with E-state index in [9.17, 15) is 4.79 Å². The second-order valence-corrected chi connectivity index (χ2v) is 13.0. The average Bonchev–Trinajstić information content (AvgIpc) is 3.25. The Kier molecular flexibility index (Phi) is 8.05. The fourth-order valence-electron chi connectivity index (χ4n) is 5.39. The van der Waals surface area contributed by atoms with Crippen LogP contribution in [-0.2, 0) is 4.74 Å². The second-order valence-electron chi connectivity index (χ2n) is 12.0. The minimum Gasteiger partial charge on any atom is -0.444 e. The summed E-state index contributed by atoms with van der Waals surface area (Å²) >= 11 is 1.45. The third-order valence-electron chi connectivity index (χ3n) is 7.66. The molecular weight excluding hydrogens is 515 g/mol. The van der Waals surface area contributed by atoms with E-state index in [4.69, 9.17) is 4.74 Å². The van der Waals surface area contributed by atoms with Crippen LogP contribution in [0.5, 0.6) is 0 Å². The molecule has 2 N–H and O–H groups in total. The maximum Gasteiger partial charge on any atom is 0.407 e. The molecule has 39 heavy (non-hydrogen) atoms. The molecule has 0 spiro atoms. The Labute approximate surface area is 234 Å². The van der Waals surface area contributed by atoms with E-state index in [1.165, 1.54) is 11.8 Å². The first-order valence-electron chi connectivity index (χ1n) is 13.8. The number of hydrogen-bond donors (Lipinski definition) is 2. The molecule has 0 aliphatic carbocycles. The van der Waals surface area contributed by atoms with Crippen molar-refractivity contribution in [2.45, 2.75) is 74.9 Å². The maximum absolute atomic E-state index is 15.1. The highest BCUT2D eigenvalue weighted by Crippen LogP contribution is 2.37. The Morgan fingerprint density at radius 3 is 2.62 bits per heavy atom. The number of halogens is 1. The van der Waals surface area contributed by atoms with Crippen LogP contribution in [0.1, 0.15) is 59.4 Å². The van der Waals surface area contributed by atoms with Crippen molar-refractivity contribution in [3.63, 3.8) is 0 Å². The standard InChI is InChI=1S/C29H39FN6O2S/c1-28(2,3)38-27(37)34-19-29(4)10-14-35(15-11-29)24-16-33-25(17-32-24)39-23-7-5-6-22-26(23)21(30)18-36(22)20-8-12-31-13-9-20/h5-7,16-18,20,31H,8-15,19H2,1-4H3,(H,34,37). The molecule has 2 fully saturated rings. The van der Waals surface area contributed by atoms with Crippen molar-refractivity contribution in [2.75, 3.05) is 37.6 Å². The quantitative estimate of drug-likeness (QED) is 0.400. The van der Waals surface area contributed by atoms with E-state index in [1.54, 1.807) is 18.6 Å². The van der Waals surface area contributed by atoms with Crippen LogP contribution in [0, 0.1) is 11.2 Å². The third kappa shape index (κ3) is 6.66. The van der Waals surface area contributed by atoms with Crippen LogP contribution >= 0.6 is 11.8 Å². The molecule has 210 valence electrons. The Morgan fingerprint density at radius 1 is 1.21 bits per heavy atom. The van der Waals surface area contributed by atoms with E-state index in [1.807, 2.05) is 39.0 Å². The van der Waals surface area contributed by atoms with E-state index in [2.05, 4.69) is 37.0 Å². The Bertz CT molecular complexity index is 1290. The number of rotatable bonds is 6. The lowest BCUT2D eigenvalue weighted by Crippen LogP contribution is -2.45. The summed E-state index contributed by atoms with van der Waals surface area (Å²) < 4.78 is 22.6. The van der Waals surface area contributed by atoms with Crippen molar-refractivity contribution in [1.29, 1.82) is 0 Å². The van der Waals surface area contributed by atoms with Crippen molar-refractivity contribution in [1.82, 2.24) is 25.2 Å². The second kappa shape index (κ2) is 11.3. The average molecular weight is 555 g/mol. The van der Waals surface area contributed by atoms with E-state index >= 15 is 4.39 Å². The molecule has 1 amide bonds. The van der Waals surface area contributed by atoms with Crippen LogP contribution in [0.2, 0.25) is 0 Å². The van der Waals surface area contributed by atoms with Crippen LogP contribution < -0.4 is 15.5 Å². The number of carbonyl (C=O) groups is 1. The van der Waals surface area contributed by atoms with E-state index in [-0.39, 0.29) is 17.3 Å². The zero-order valence-corrected chi connectivity index (χ0v) is 24.1. The van der Waals surface area contributed by atoms with Gasteiger partial charge in [-0.25, -0.2) is 19.2 Å². The number of aromatic nitrogens is 3. The smallest absolute Gasteiger partial charge is 0.407 e.